The summed E-state index contributed by atoms with van der Waals surface area (Å²) in [7, 11) is 1.40. The Labute approximate surface area is 120 Å². The first-order valence-corrected chi connectivity index (χ1v) is 8.09. The molecule has 3 fully saturated rings. The first-order chi connectivity index (χ1) is 9.72. The normalized spacial score (nSPS) is 32.5. The van der Waals surface area contributed by atoms with E-state index >= 15 is 0 Å². The van der Waals surface area contributed by atoms with Crippen LogP contribution in [0.1, 0.15) is 51.4 Å². The van der Waals surface area contributed by atoms with Gasteiger partial charge in [-0.3, -0.25) is 9.59 Å². The number of carbonyl (C=O) groups is 2. The predicted octanol–water partition coefficient (Wildman–Crippen LogP) is 2.37. The summed E-state index contributed by atoms with van der Waals surface area (Å²) in [5.41, 5.74) is 0. The number of ether oxygens (including phenoxy) is 1. The number of nitrogens with zero attached hydrogens (tertiary/aromatic N) is 1. The summed E-state index contributed by atoms with van der Waals surface area (Å²) < 4.78 is 4.78. The van der Waals surface area contributed by atoms with Crippen LogP contribution in [0.2, 0.25) is 0 Å². The maximum Gasteiger partial charge on any atom is 0.325 e. The fourth-order valence-electron chi connectivity index (χ4n) is 4.36. The fourth-order valence-corrected chi connectivity index (χ4v) is 4.36. The molecule has 1 amide bonds. The molecule has 4 nitrogen and oxygen atoms in total. The molecule has 20 heavy (non-hydrogen) atoms. The number of methoxy groups -OCH3 is 1. The highest BCUT2D eigenvalue weighted by atomic mass is 16.5. The molecule has 0 saturated heterocycles. The van der Waals surface area contributed by atoms with Gasteiger partial charge < -0.3 is 9.64 Å². The third kappa shape index (κ3) is 2.57. The Hall–Kier alpha value is -1.06. The maximum absolute atomic E-state index is 12.8. The highest BCUT2D eigenvalue weighted by molar-refractivity contribution is 5.86. The van der Waals surface area contributed by atoms with E-state index < -0.39 is 0 Å². The summed E-state index contributed by atoms with van der Waals surface area (Å²) >= 11 is 0. The molecule has 0 aliphatic heterocycles. The molecule has 112 valence electrons. The van der Waals surface area contributed by atoms with Crippen molar-refractivity contribution < 1.29 is 14.3 Å². The zero-order valence-electron chi connectivity index (χ0n) is 12.3. The van der Waals surface area contributed by atoms with Crippen LogP contribution in [0.4, 0.5) is 0 Å². The number of amides is 1. The van der Waals surface area contributed by atoms with Crippen LogP contribution in [0.25, 0.3) is 0 Å². The van der Waals surface area contributed by atoms with Gasteiger partial charge >= 0.3 is 5.97 Å². The summed E-state index contributed by atoms with van der Waals surface area (Å²) in [5, 5.41) is 0. The predicted molar refractivity (Wildman–Crippen MR) is 74.9 cm³/mol. The molecule has 0 radical (unpaired) electrons. The van der Waals surface area contributed by atoms with Gasteiger partial charge in [0.1, 0.15) is 6.54 Å². The van der Waals surface area contributed by atoms with E-state index in [-0.39, 0.29) is 30.4 Å². The Morgan fingerprint density at radius 3 is 2.10 bits per heavy atom. The van der Waals surface area contributed by atoms with Crippen molar-refractivity contribution >= 4 is 11.9 Å². The second-order valence-electron chi connectivity index (χ2n) is 6.62. The lowest BCUT2D eigenvalue weighted by Gasteiger charge is -2.28. The number of fused-ring (bicyclic) bond motifs is 1. The number of hydrogen-bond acceptors (Lipinski definition) is 3. The Morgan fingerprint density at radius 2 is 1.55 bits per heavy atom. The van der Waals surface area contributed by atoms with Gasteiger partial charge in [0, 0.05) is 12.0 Å². The molecule has 0 aromatic heterocycles. The molecular weight excluding hydrogens is 254 g/mol. The van der Waals surface area contributed by atoms with Gasteiger partial charge in [0.2, 0.25) is 5.91 Å². The number of carbonyl (C=O) groups excluding carboxylic acids is 2. The lowest BCUT2D eigenvalue weighted by Crippen LogP contribution is -2.43. The minimum Gasteiger partial charge on any atom is -0.468 e. The lowest BCUT2D eigenvalue weighted by atomic mass is 10.0. The zero-order valence-corrected chi connectivity index (χ0v) is 12.3. The van der Waals surface area contributed by atoms with E-state index in [9.17, 15) is 9.59 Å². The lowest BCUT2D eigenvalue weighted by molar-refractivity contribution is -0.149. The Kier molecular flexibility index (Phi) is 3.99. The van der Waals surface area contributed by atoms with Crippen molar-refractivity contribution in [3.8, 4) is 0 Å². The van der Waals surface area contributed by atoms with Gasteiger partial charge in [-0.2, -0.15) is 0 Å². The van der Waals surface area contributed by atoms with Gasteiger partial charge in [0.15, 0.2) is 0 Å². The van der Waals surface area contributed by atoms with Gasteiger partial charge in [-0.15, -0.1) is 0 Å². The minimum atomic E-state index is -0.283. The standard InChI is InChI=1S/C16H25NO3/c1-20-14(18)10-17(11-6-2-3-7-11)16(19)15-12-8-4-5-9-13(12)15/h11-13,15H,2-10H2,1H3. The second-order valence-corrected chi connectivity index (χ2v) is 6.62. The van der Waals surface area contributed by atoms with Crippen molar-refractivity contribution in [2.75, 3.05) is 13.7 Å². The van der Waals surface area contributed by atoms with Crippen molar-refractivity contribution in [2.45, 2.75) is 57.4 Å². The first-order valence-electron chi connectivity index (χ1n) is 8.09. The van der Waals surface area contributed by atoms with E-state index in [0.29, 0.717) is 11.8 Å². The molecule has 3 saturated carbocycles. The largest absolute Gasteiger partial charge is 0.468 e. The van der Waals surface area contributed by atoms with Crippen molar-refractivity contribution in [3.05, 3.63) is 0 Å². The van der Waals surface area contributed by atoms with Gasteiger partial charge in [0.25, 0.3) is 0 Å². The van der Waals surface area contributed by atoms with Crippen LogP contribution in [-0.2, 0) is 14.3 Å². The first kappa shape index (κ1) is 13.9. The Balaban J connectivity index is 1.68. The van der Waals surface area contributed by atoms with Crippen LogP contribution in [0.3, 0.4) is 0 Å². The van der Waals surface area contributed by atoms with Gasteiger partial charge in [-0.1, -0.05) is 25.7 Å². The molecule has 0 aromatic rings. The molecule has 3 aliphatic rings. The van der Waals surface area contributed by atoms with Crippen molar-refractivity contribution in [1.82, 2.24) is 4.90 Å². The minimum absolute atomic E-state index is 0.149. The topological polar surface area (TPSA) is 46.6 Å². The van der Waals surface area contributed by atoms with Crippen LogP contribution in [0, 0.1) is 17.8 Å². The van der Waals surface area contributed by atoms with E-state index in [2.05, 4.69) is 0 Å². The van der Waals surface area contributed by atoms with Crippen LogP contribution >= 0.6 is 0 Å². The molecule has 0 bridgehead atoms. The van der Waals surface area contributed by atoms with E-state index in [1.54, 1.807) is 0 Å². The summed E-state index contributed by atoms with van der Waals surface area (Å²) in [6.45, 7) is 0.149. The molecule has 4 heteroatoms. The number of hydrogen-bond donors (Lipinski definition) is 0. The molecule has 3 rings (SSSR count). The molecule has 3 aliphatic carbocycles. The molecular formula is C16H25NO3. The van der Waals surface area contributed by atoms with Crippen molar-refractivity contribution in [2.24, 2.45) is 17.8 Å². The highest BCUT2D eigenvalue weighted by Gasteiger charge is 2.56. The third-order valence-corrected chi connectivity index (χ3v) is 5.52. The second kappa shape index (κ2) is 5.74. The van der Waals surface area contributed by atoms with E-state index in [0.717, 1.165) is 12.8 Å². The van der Waals surface area contributed by atoms with Crippen LogP contribution in [0.15, 0.2) is 0 Å². The van der Waals surface area contributed by atoms with Crippen molar-refractivity contribution in [3.63, 3.8) is 0 Å². The number of esters is 1. The molecule has 0 heterocycles. The Morgan fingerprint density at radius 1 is 1.00 bits per heavy atom. The molecule has 0 N–H and O–H groups in total. The van der Waals surface area contributed by atoms with E-state index in [4.69, 9.17) is 4.74 Å². The SMILES string of the molecule is COC(=O)CN(C(=O)C1C2CCCCC21)C1CCCC1. The molecule has 0 spiro atoms. The number of rotatable bonds is 4. The fraction of sp³-hybridized carbons (Fsp3) is 0.875. The molecule has 0 aromatic carbocycles. The van der Waals surface area contributed by atoms with Crippen LogP contribution in [-0.4, -0.2) is 36.5 Å². The quantitative estimate of drug-likeness (QED) is 0.742. The summed E-state index contributed by atoms with van der Waals surface area (Å²) in [4.78, 5) is 26.3. The van der Waals surface area contributed by atoms with Crippen molar-refractivity contribution in [1.29, 1.82) is 0 Å². The van der Waals surface area contributed by atoms with Crippen LogP contribution in [0.5, 0.6) is 0 Å². The maximum atomic E-state index is 12.8. The third-order valence-electron chi connectivity index (χ3n) is 5.52. The summed E-state index contributed by atoms with van der Waals surface area (Å²) in [5.74, 6) is 1.38. The molecule has 2 unspecified atom stereocenters. The molecule has 2 atom stereocenters. The zero-order chi connectivity index (χ0) is 14.1. The summed E-state index contributed by atoms with van der Waals surface area (Å²) in [6.07, 6.45) is 9.39. The van der Waals surface area contributed by atoms with E-state index in [1.165, 1.54) is 45.6 Å². The average Bonchev–Trinajstić information content (AvgIpc) is 2.94. The van der Waals surface area contributed by atoms with Gasteiger partial charge in [-0.05, 0) is 37.5 Å². The smallest absolute Gasteiger partial charge is 0.325 e. The monoisotopic (exact) mass is 279 g/mol. The summed E-state index contributed by atoms with van der Waals surface area (Å²) in [6, 6.07) is 0.268. The van der Waals surface area contributed by atoms with E-state index in [1.807, 2.05) is 4.90 Å². The van der Waals surface area contributed by atoms with Gasteiger partial charge in [-0.25, -0.2) is 0 Å². The highest BCUT2D eigenvalue weighted by Crippen LogP contribution is 2.56. The average molecular weight is 279 g/mol. The van der Waals surface area contributed by atoms with Crippen LogP contribution < -0.4 is 0 Å². The van der Waals surface area contributed by atoms with Gasteiger partial charge in [0.05, 0.1) is 7.11 Å². The Bertz CT molecular complexity index is 377.